The van der Waals surface area contributed by atoms with Crippen molar-refractivity contribution in [2.75, 3.05) is 20.2 Å². The molecule has 1 saturated heterocycles. The van der Waals surface area contributed by atoms with Gasteiger partial charge in [0.1, 0.15) is 11.4 Å². The van der Waals surface area contributed by atoms with E-state index in [2.05, 4.69) is 4.98 Å². The molecule has 6 heteroatoms. The molecule has 0 N–H and O–H groups in total. The van der Waals surface area contributed by atoms with Crippen LogP contribution in [-0.4, -0.2) is 40.4 Å². The van der Waals surface area contributed by atoms with Crippen molar-refractivity contribution in [2.24, 2.45) is 0 Å². The number of aromatic nitrogens is 2. The van der Waals surface area contributed by atoms with Gasteiger partial charge in [0.15, 0.2) is 4.96 Å². The standard InChI is InChI=1S/C18H19N3O2S/c1-23-14-7-5-6-13(10-14)15-11-21-16(12-24-18(21)19-15)17(22)20-8-3-2-4-9-20/h5-7,10-12H,2-4,8-9H2,1H3. The predicted octanol–water partition coefficient (Wildman–Crippen LogP) is 3.70. The zero-order chi connectivity index (χ0) is 16.5. The van der Waals surface area contributed by atoms with Gasteiger partial charge < -0.3 is 9.64 Å². The highest BCUT2D eigenvalue weighted by atomic mass is 32.1. The molecular formula is C18H19N3O2S. The molecule has 0 unspecified atom stereocenters. The number of methoxy groups -OCH3 is 1. The van der Waals surface area contributed by atoms with Gasteiger partial charge in [-0.3, -0.25) is 9.20 Å². The number of carbonyl (C=O) groups excluding carboxylic acids is 1. The molecule has 4 rings (SSSR count). The number of hydrogen-bond acceptors (Lipinski definition) is 4. The van der Waals surface area contributed by atoms with Crippen LogP contribution in [0.2, 0.25) is 0 Å². The number of amides is 1. The third kappa shape index (κ3) is 2.67. The van der Waals surface area contributed by atoms with Gasteiger partial charge in [0.2, 0.25) is 0 Å². The number of ether oxygens (including phenoxy) is 1. The van der Waals surface area contributed by atoms with E-state index in [1.165, 1.54) is 17.8 Å². The number of thiazole rings is 1. The molecule has 24 heavy (non-hydrogen) atoms. The lowest BCUT2D eigenvalue weighted by Gasteiger charge is -2.26. The van der Waals surface area contributed by atoms with E-state index in [0.29, 0.717) is 5.69 Å². The van der Waals surface area contributed by atoms with E-state index in [9.17, 15) is 4.79 Å². The fourth-order valence-corrected chi connectivity index (χ4v) is 3.97. The first-order valence-corrected chi connectivity index (χ1v) is 9.04. The molecule has 0 radical (unpaired) electrons. The molecule has 3 aromatic rings. The Morgan fingerprint density at radius 2 is 2.08 bits per heavy atom. The van der Waals surface area contributed by atoms with Crippen molar-refractivity contribution >= 4 is 22.2 Å². The Labute approximate surface area is 144 Å². The molecule has 1 aliphatic rings. The molecule has 124 valence electrons. The molecule has 1 aliphatic heterocycles. The van der Waals surface area contributed by atoms with E-state index >= 15 is 0 Å². The van der Waals surface area contributed by atoms with Crippen molar-refractivity contribution in [1.29, 1.82) is 0 Å². The lowest BCUT2D eigenvalue weighted by Crippen LogP contribution is -2.36. The van der Waals surface area contributed by atoms with Crippen LogP contribution in [0.1, 0.15) is 29.8 Å². The van der Waals surface area contributed by atoms with Crippen LogP contribution in [0, 0.1) is 0 Å². The van der Waals surface area contributed by atoms with E-state index < -0.39 is 0 Å². The Bertz CT molecular complexity index is 877. The van der Waals surface area contributed by atoms with Crippen LogP contribution in [0.15, 0.2) is 35.8 Å². The van der Waals surface area contributed by atoms with Gasteiger partial charge in [-0.1, -0.05) is 12.1 Å². The minimum absolute atomic E-state index is 0.107. The van der Waals surface area contributed by atoms with Gasteiger partial charge in [0.05, 0.1) is 12.8 Å². The fraction of sp³-hybridized carbons (Fsp3) is 0.333. The van der Waals surface area contributed by atoms with Crippen LogP contribution in [0.25, 0.3) is 16.2 Å². The van der Waals surface area contributed by atoms with Crippen LogP contribution >= 0.6 is 11.3 Å². The summed E-state index contributed by atoms with van der Waals surface area (Å²) >= 11 is 1.50. The highest BCUT2D eigenvalue weighted by molar-refractivity contribution is 7.15. The molecule has 1 fully saturated rings. The minimum atomic E-state index is 0.107. The number of likely N-dealkylation sites (tertiary alicyclic amines) is 1. The molecule has 1 aromatic carbocycles. The number of rotatable bonds is 3. The number of imidazole rings is 1. The normalized spacial score (nSPS) is 15.0. The fourth-order valence-electron chi connectivity index (χ4n) is 3.12. The lowest BCUT2D eigenvalue weighted by atomic mass is 10.1. The van der Waals surface area contributed by atoms with Gasteiger partial charge in [-0.15, -0.1) is 11.3 Å². The highest BCUT2D eigenvalue weighted by Gasteiger charge is 2.22. The van der Waals surface area contributed by atoms with E-state index in [1.54, 1.807) is 7.11 Å². The molecule has 1 amide bonds. The smallest absolute Gasteiger partial charge is 0.271 e. The molecule has 0 atom stereocenters. The van der Waals surface area contributed by atoms with Crippen molar-refractivity contribution in [3.05, 3.63) is 41.5 Å². The summed E-state index contributed by atoms with van der Waals surface area (Å²) in [5, 5.41) is 1.91. The first-order valence-electron chi connectivity index (χ1n) is 8.16. The number of piperidine rings is 1. The van der Waals surface area contributed by atoms with E-state index in [-0.39, 0.29) is 5.91 Å². The second kappa shape index (κ2) is 6.28. The summed E-state index contributed by atoms with van der Waals surface area (Å²) in [7, 11) is 1.65. The molecule has 0 bridgehead atoms. The van der Waals surface area contributed by atoms with Crippen molar-refractivity contribution in [1.82, 2.24) is 14.3 Å². The summed E-state index contributed by atoms with van der Waals surface area (Å²) in [4.78, 5) is 20.2. The second-order valence-corrected chi connectivity index (χ2v) is 6.82. The number of hydrogen-bond donors (Lipinski definition) is 0. The SMILES string of the molecule is COc1cccc(-c2cn3c(C(=O)N4CCCCC4)csc3n2)c1. The van der Waals surface area contributed by atoms with E-state index in [0.717, 1.165) is 47.9 Å². The van der Waals surface area contributed by atoms with Crippen molar-refractivity contribution < 1.29 is 9.53 Å². The Kier molecular flexibility index (Phi) is 3.98. The maximum Gasteiger partial charge on any atom is 0.271 e. The van der Waals surface area contributed by atoms with Crippen LogP contribution in [-0.2, 0) is 0 Å². The quantitative estimate of drug-likeness (QED) is 0.730. The molecule has 2 aromatic heterocycles. The van der Waals surface area contributed by atoms with Crippen molar-refractivity contribution in [2.45, 2.75) is 19.3 Å². The monoisotopic (exact) mass is 341 g/mol. The third-order valence-corrected chi connectivity index (χ3v) is 5.28. The van der Waals surface area contributed by atoms with Gasteiger partial charge in [0.25, 0.3) is 5.91 Å². The zero-order valence-electron chi connectivity index (χ0n) is 13.6. The average Bonchev–Trinajstić information content (AvgIpc) is 3.22. The van der Waals surface area contributed by atoms with Crippen molar-refractivity contribution in [3.8, 4) is 17.0 Å². The van der Waals surface area contributed by atoms with Gasteiger partial charge in [-0.25, -0.2) is 4.98 Å². The Morgan fingerprint density at radius 3 is 2.88 bits per heavy atom. The maximum absolute atomic E-state index is 12.8. The molecule has 0 saturated carbocycles. The molecule has 3 heterocycles. The summed E-state index contributed by atoms with van der Waals surface area (Å²) in [6.07, 6.45) is 5.35. The zero-order valence-corrected chi connectivity index (χ0v) is 14.4. The highest BCUT2D eigenvalue weighted by Crippen LogP contribution is 2.27. The van der Waals surface area contributed by atoms with E-state index in [4.69, 9.17) is 4.74 Å². The molecule has 0 aliphatic carbocycles. The predicted molar refractivity (Wildman–Crippen MR) is 94.8 cm³/mol. The lowest BCUT2D eigenvalue weighted by molar-refractivity contribution is 0.0717. The first-order chi connectivity index (χ1) is 11.8. The number of nitrogens with zero attached hydrogens (tertiary/aromatic N) is 3. The first kappa shape index (κ1) is 15.2. The largest absolute Gasteiger partial charge is 0.497 e. The Hall–Kier alpha value is -2.34. The maximum atomic E-state index is 12.8. The van der Waals surface area contributed by atoms with Gasteiger partial charge >= 0.3 is 0 Å². The Morgan fingerprint density at radius 1 is 1.25 bits per heavy atom. The summed E-state index contributed by atoms with van der Waals surface area (Å²) in [6.45, 7) is 1.71. The van der Waals surface area contributed by atoms with Gasteiger partial charge in [-0.05, 0) is 31.4 Å². The molecule has 0 spiro atoms. The van der Waals surface area contributed by atoms with E-state index in [1.807, 2.05) is 45.1 Å². The topological polar surface area (TPSA) is 46.8 Å². The number of benzene rings is 1. The van der Waals surface area contributed by atoms with Crippen LogP contribution in [0.4, 0.5) is 0 Å². The Balaban J connectivity index is 1.69. The molecule has 5 nitrogen and oxygen atoms in total. The molecular weight excluding hydrogens is 322 g/mol. The number of carbonyl (C=O) groups is 1. The summed E-state index contributed by atoms with van der Waals surface area (Å²) < 4.78 is 7.19. The number of fused-ring (bicyclic) bond motifs is 1. The average molecular weight is 341 g/mol. The minimum Gasteiger partial charge on any atom is -0.497 e. The summed E-state index contributed by atoms with van der Waals surface area (Å²) in [5.41, 5.74) is 2.55. The summed E-state index contributed by atoms with van der Waals surface area (Å²) in [5.74, 6) is 0.906. The summed E-state index contributed by atoms with van der Waals surface area (Å²) in [6, 6.07) is 7.81. The van der Waals surface area contributed by atoms with Crippen LogP contribution < -0.4 is 4.74 Å². The van der Waals surface area contributed by atoms with Gasteiger partial charge in [-0.2, -0.15) is 0 Å². The van der Waals surface area contributed by atoms with Crippen LogP contribution in [0.3, 0.4) is 0 Å². The van der Waals surface area contributed by atoms with Crippen molar-refractivity contribution in [3.63, 3.8) is 0 Å². The third-order valence-electron chi connectivity index (χ3n) is 4.44. The van der Waals surface area contributed by atoms with Crippen LogP contribution in [0.5, 0.6) is 5.75 Å². The van der Waals surface area contributed by atoms with Gasteiger partial charge in [0, 0.05) is 30.2 Å². The second-order valence-electron chi connectivity index (χ2n) is 5.98.